The van der Waals surface area contributed by atoms with Gasteiger partial charge in [-0.1, -0.05) is 0 Å². The van der Waals surface area contributed by atoms with Crippen molar-refractivity contribution in [1.29, 1.82) is 0 Å². The topological polar surface area (TPSA) is 34.5 Å². The van der Waals surface area contributed by atoms with Crippen molar-refractivity contribution in [1.82, 2.24) is 9.47 Å². The molecule has 0 aliphatic rings. The average molecular weight is 570 g/mol. The third-order valence-corrected chi connectivity index (χ3v) is 6.36. The molecule has 0 N–H and O–H groups in total. The van der Waals surface area contributed by atoms with Gasteiger partial charge in [0.05, 0.1) is 11.1 Å². The smallest absolute Gasteiger partial charge is 0.410 e. The lowest BCUT2D eigenvalue weighted by Gasteiger charge is -2.20. The Morgan fingerprint density at radius 2 is 1.50 bits per heavy atom. The van der Waals surface area contributed by atoms with E-state index < -0.39 is 53.3 Å². The summed E-state index contributed by atoms with van der Waals surface area (Å²) < 4.78 is 116. The molecule has 0 fully saturated rings. The van der Waals surface area contributed by atoms with Gasteiger partial charge in [0.2, 0.25) is 0 Å². The van der Waals surface area contributed by atoms with Crippen LogP contribution in [0.2, 0.25) is 0 Å². The second kappa shape index (κ2) is 10.8. The maximum atomic E-state index is 14.2. The minimum atomic E-state index is -4.92. The van der Waals surface area contributed by atoms with E-state index in [1.54, 1.807) is 13.8 Å². The molecule has 212 valence electrons. The van der Waals surface area contributed by atoms with Crippen LogP contribution in [0.15, 0.2) is 60.8 Å². The van der Waals surface area contributed by atoms with Gasteiger partial charge in [0.1, 0.15) is 17.4 Å². The summed E-state index contributed by atoms with van der Waals surface area (Å²) in [5.74, 6) is -1.92. The zero-order chi connectivity index (χ0) is 29.4. The summed E-state index contributed by atoms with van der Waals surface area (Å²) in [4.78, 5) is 14.0. The van der Waals surface area contributed by atoms with Gasteiger partial charge in [-0.25, -0.2) is 13.6 Å². The molecule has 0 spiro atoms. The molecule has 4 nitrogen and oxygen atoms in total. The fraction of sp³-hybridized carbons (Fsp3) is 0.250. The molecule has 0 radical (unpaired) electrons. The monoisotopic (exact) mass is 570 g/mol. The van der Waals surface area contributed by atoms with E-state index in [9.17, 15) is 39.9 Å². The van der Waals surface area contributed by atoms with Crippen LogP contribution < -0.4 is 4.74 Å². The zero-order valence-electron chi connectivity index (χ0n) is 21.1. The molecule has 0 saturated carbocycles. The number of benzene rings is 3. The van der Waals surface area contributed by atoms with Crippen LogP contribution in [0.25, 0.3) is 22.0 Å². The van der Waals surface area contributed by atoms with Crippen LogP contribution in [0.3, 0.4) is 0 Å². The molecule has 0 saturated heterocycles. The highest BCUT2D eigenvalue weighted by molar-refractivity contribution is 5.99. The number of alkyl halides is 6. The first kappa shape index (κ1) is 28.9. The molecule has 0 unspecified atom stereocenters. The van der Waals surface area contributed by atoms with E-state index in [4.69, 9.17) is 4.74 Å². The third-order valence-electron chi connectivity index (χ3n) is 6.36. The molecule has 1 aromatic heterocycles. The van der Waals surface area contributed by atoms with Crippen LogP contribution in [-0.4, -0.2) is 28.6 Å². The number of carbonyl (C=O) groups is 1. The molecular weight excluding hydrogens is 548 g/mol. The van der Waals surface area contributed by atoms with E-state index in [2.05, 4.69) is 0 Å². The van der Waals surface area contributed by atoms with Gasteiger partial charge in [0.15, 0.2) is 0 Å². The maximum absolute atomic E-state index is 14.2. The highest BCUT2D eigenvalue weighted by Crippen LogP contribution is 2.40. The molecule has 0 atom stereocenters. The van der Waals surface area contributed by atoms with Gasteiger partial charge in [0, 0.05) is 48.4 Å². The molecule has 0 bridgehead atoms. The van der Waals surface area contributed by atoms with E-state index in [-0.39, 0.29) is 27.8 Å². The van der Waals surface area contributed by atoms with Crippen molar-refractivity contribution in [2.75, 3.05) is 13.1 Å². The summed E-state index contributed by atoms with van der Waals surface area (Å²) in [6.45, 7) is 3.48. The van der Waals surface area contributed by atoms with Crippen molar-refractivity contribution in [3.8, 4) is 16.9 Å². The Morgan fingerprint density at radius 1 is 0.850 bits per heavy atom. The van der Waals surface area contributed by atoms with Gasteiger partial charge in [-0.15, -0.1) is 0 Å². The Labute approximate surface area is 223 Å². The molecule has 40 heavy (non-hydrogen) atoms. The molecule has 12 heteroatoms. The standard InChI is InChI=1S/C28H22F8N2O2/c1-3-37(4-2)26(39)40-24-8-7-23-21(25(24)16-12-19(29)14-20(30)13-16)9-10-38(23)15-17-11-18(27(31,32)33)5-6-22(17)28(34,35)36/h5-14H,3-4,15H2,1-2H3. The molecule has 1 amide bonds. The van der Waals surface area contributed by atoms with Gasteiger partial charge in [-0.3, -0.25) is 0 Å². The van der Waals surface area contributed by atoms with E-state index >= 15 is 0 Å². The fourth-order valence-electron chi connectivity index (χ4n) is 4.47. The highest BCUT2D eigenvalue weighted by atomic mass is 19.4. The first-order valence-electron chi connectivity index (χ1n) is 12.0. The molecule has 3 aromatic carbocycles. The maximum Gasteiger partial charge on any atom is 0.416 e. The van der Waals surface area contributed by atoms with E-state index in [1.807, 2.05) is 0 Å². The second-order valence-corrected chi connectivity index (χ2v) is 8.88. The number of rotatable bonds is 6. The van der Waals surface area contributed by atoms with Gasteiger partial charge in [0.25, 0.3) is 0 Å². The van der Waals surface area contributed by atoms with Crippen LogP contribution in [0.1, 0.15) is 30.5 Å². The Balaban J connectivity index is 1.89. The number of nitrogens with zero attached hydrogens (tertiary/aromatic N) is 2. The van der Waals surface area contributed by atoms with E-state index in [0.717, 1.165) is 12.1 Å². The molecule has 0 aliphatic heterocycles. The number of halogens is 8. The van der Waals surface area contributed by atoms with Crippen LogP contribution in [0.4, 0.5) is 39.9 Å². The van der Waals surface area contributed by atoms with Crippen molar-refractivity contribution < 1.29 is 44.7 Å². The largest absolute Gasteiger partial charge is 0.416 e. The average Bonchev–Trinajstić information content (AvgIpc) is 3.25. The minimum absolute atomic E-state index is 0.0155. The number of hydrogen-bond acceptors (Lipinski definition) is 2. The number of aromatic nitrogens is 1. The van der Waals surface area contributed by atoms with E-state index in [0.29, 0.717) is 37.4 Å². The third kappa shape index (κ3) is 5.90. The first-order chi connectivity index (χ1) is 18.7. The quantitative estimate of drug-likeness (QED) is 0.218. The highest BCUT2D eigenvalue weighted by Gasteiger charge is 2.37. The summed E-state index contributed by atoms with van der Waals surface area (Å²) in [6.07, 6.45) is -9.19. The summed E-state index contributed by atoms with van der Waals surface area (Å²) in [5, 5.41) is 0.246. The SMILES string of the molecule is CCN(CC)C(=O)Oc1ccc2c(ccn2Cc2cc(C(F)(F)F)ccc2C(F)(F)F)c1-c1cc(F)cc(F)c1. The van der Waals surface area contributed by atoms with Crippen molar-refractivity contribution >= 4 is 17.0 Å². The number of carbonyl (C=O) groups excluding carboxylic acids is 1. The molecule has 4 rings (SSSR count). The fourth-order valence-corrected chi connectivity index (χ4v) is 4.47. The Hall–Kier alpha value is -4.09. The van der Waals surface area contributed by atoms with Crippen LogP contribution in [-0.2, 0) is 18.9 Å². The van der Waals surface area contributed by atoms with Gasteiger partial charge < -0.3 is 14.2 Å². The molecule has 1 heterocycles. The van der Waals surface area contributed by atoms with Crippen LogP contribution in [0, 0.1) is 11.6 Å². The molecular formula is C28H22F8N2O2. The van der Waals surface area contributed by atoms with Gasteiger partial charge >= 0.3 is 18.4 Å². The van der Waals surface area contributed by atoms with Crippen LogP contribution in [0.5, 0.6) is 5.75 Å². The minimum Gasteiger partial charge on any atom is -0.410 e. The van der Waals surface area contributed by atoms with Crippen molar-refractivity contribution in [3.63, 3.8) is 0 Å². The lowest BCUT2D eigenvalue weighted by molar-refractivity contribution is -0.141. The number of fused-ring (bicyclic) bond motifs is 1. The molecule has 0 aliphatic carbocycles. The Kier molecular flexibility index (Phi) is 7.82. The Morgan fingerprint density at radius 3 is 2.08 bits per heavy atom. The lowest BCUT2D eigenvalue weighted by Crippen LogP contribution is -2.33. The van der Waals surface area contributed by atoms with Crippen LogP contribution >= 0.6 is 0 Å². The van der Waals surface area contributed by atoms with Crippen molar-refractivity contribution in [2.45, 2.75) is 32.7 Å². The molecule has 4 aromatic rings. The number of hydrogen-bond donors (Lipinski definition) is 0. The predicted octanol–water partition coefficient (Wildman–Crippen LogP) is 8.51. The Bertz CT molecular complexity index is 1530. The zero-order valence-corrected chi connectivity index (χ0v) is 21.1. The van der Waals surface area contributed by atoms with E-state index in [1.165, 1.54) is 33.9 Å². The summed E-state index contributed by atoms with van der Waals surface area (Å²) >= 11 is 0. The number of amides is 1. The van der Waals surface area contributed by atoms with Crippen molar-refractivity contribution in [2.24, 2.45) is 0 Å². The summed E-state index contributed by atoms with van der Waals surface area (Å²) in [6, 6.07) is 7.97. The van der Waals surface area contributed by atoms with Gasteiger partial charge in [-0.2, -0.15) is 26.3 Å². The predicted molar refractivity (Wildman–Crippen MR) is 132 cm³/mol. The summed E-state index contributed by atoms with van der Waals surface area (Å²) in [7, 11) is 0. The lowest BCUT2D eigenvalue weighted by atomic mass is 10.00. The normalized spacial score (nSPS) is 12.2. The first-order valence-corrected chi connectivity index (χ1v) is 12.0. The van der Waals surface area contributed by atoms with Gasteiger partial charge in [-0.05, 0) is 73.5 Å². The van der Waals surface area contributed by atoms with Crippen molar-refractivity contribution in [3.05, 3.63) is 89.1 Å². The second-order valence-electron chi connectivity index (χ2n) is 8.88. The number of ether oxygens (including phenoxy) is 1. The summed E-state index contributed by atoms with van der Waals surface area (Å²) in [5.41, 5.74) is -2.82.